The maximum Gasteiger partial charge on any atom is 0.238 e. The molecule has 0 aliphatic carbocycles. The summed E-state index contributed by atoms with van der Waals surface area (Å²) in [6, 6.07) is 13.0. The molecule has 162 valence electrons. The lowest BCUT2D eigenvalue weighted by Crippen LogP contribution is -2.41. The highest BCUT2D eigenvalue weighted by Crippen LogP contribution is 2.37. The first-order valence-corrected chi connectivity index (χ1v) is 10.5. The first-order valence-electron chi connectivity index (χ1n) is 10.5. The summed E-state index contributed by atoms with van der Waals surface area (Å²) in [6.07, 6.45) is 1.97. The van der Waals surface area contributed by atoms with Gasteiger partial charge in [-0.3, -0.25) is 19.3 Å². The van der Waals surface area contributed by atoms with Crippen molar-refractivity contribution in [1.82, 2.24) is 4.90 Å². The molecule has 2 heterocycles. The number of nitrogens with zero attached hydrogens (tertiary/aromatic N) is 1. The summed E-state index contributed by atoms with van der Waals surface area (Å²) in [5.74, 6) is 0.963. The topological polar surface area (TPSA) is 84.9 Å². The summed E-state index contributed by atoms with van der Waals surface area (Å²) < 4.78 is 10.7. The molecule has 0 unspecified atom stereocenters. The normalized spacial score (nSPS) is 16.2. The molecule has 0 saturated carbocycles. The first kappa shape index (κ1) is 21.1. The van der Waals surface area contributed by atoms with Crippen molar-refractivity contribution in [2.24, 2.45) is 5.92 Å². The molecule has 0 atom stereocenters. The Labute approximate surface area is 181 Å². The van der Waals surface area contributed by atoms with Gasteiger partial charge in [0.1, 0.15) is 5.78 Å². The Morgan fingerprint density at radius 1 is 1.03 bits per heavy atom. The molecule has 0 radical (unpaired) electrons. The number of hydrogen-bond donors (Lipinski definition) is 1. The zero-order chi connectivity index (χ0) is 21.8. The summed E-state index contributed by atoms with van der Waals surface area (Å²) in [5.41, 5.74) is 1.86. The second kappa shape index (κ2) is 9.31. The summed E-state index contributed by atoms with van der Waals surface area (Å²) in [6.45, 7) is 3.15. The lowest BCUT2D eigenvalue weighted by Gasteiger charge is -2.30. The summed E-state index contributed by atoms with van der Waals surface area (Å²) >= 11 is 0. The maximum absolute atomic E-state index is 12.6. The highest BCUT2D eigenvalue weighted by molar-refractivity contribution is 6.05. The zero-order valence-electron chi connectivity index (χ0n) is 17.6. The quantitative estimate of drug-likeness (QED) is 0.691. The zero-order valence-corrected chi connectivity index (χ0v) is 17.6. The minimum Gasteiger partial charge on any atom is -0.454 e. The van der Waals surface area contributed by atoms with Crippen LogP contribution in [0.5, 0.6) is 11.5 Å². The lowest BCUT2D eigenvalue weighted by atomic mass is 9.89. The van der Waals surface area contributed by atoms with Crippen molar-refractivity contribution < 1.29 is 23.9 Å². The number of carbonyl (C=O) groups is 3. The van der Waals surface area contributed by atoms with Gasteiger partial charge in [0.25, 0.3) is 0 Å². The number of anilines is 1. The van der Waals surface area contributed by atoms with E-state index in [9.17, 15) is 14.4 Å². The fraction of sp³-hybridized carbons (Fsp3) is 0.375. The molecule has 2 aromatic rings. The van der Waals surface area contributed by atoms with Crippen LogP contribution in [0, 0.1) is 5.92 Å². The van der Waals surface area contributed by atoms with Gasteiger partial charge < -0.3 is 14.8 Å². The van der Waals surface area contributed by atoms with Crippen LogP contribution in [0.15, 0.2) is 42.5 Å². The number of ether oxygens (including phenoxy) is 2. The standard InChI is InChI=1S/C24H26N2O5/c1-16(27)19-12-22-23(31-15-30-22)13-20(19)25-24(29)14-26-9-7-18(8-10-26)21(28)11-17-5-3-2-4-6-17/h2-6,12-13,18H,7-11,14-15H2,1H3,(H,25,29). The molecule has 0 bridgehead atoms. The van der Waals surface area contributed by atoms with Crippen molar-refractivity contribution >= 4 is 23.2 Å². The molecule has 2 aliphatic heterocycles. The molecule has 2 aromatic carbocycles. The number of nitrogens with one attached hydrogen (secondary N) is 1. The van der Waals surface area contributed by atoms with E-state index in [1.165, 1.54) is 6.92 Å². The van der Waals surface area contributed by atoms with Crippen LogP contribution in [0.2, 0.25) is 0 Å². The van der Waals surface area contributed by atoms with E-state index < -0.39 is 0 Å². The van der Waals surface area contributed by atoms with Crippen molar-refractivity contribution in [1.29, 1.82) is 0 Å². The van der Waals surface area contributed by atoms with Crippen LogP contribution in [0.25, 0.3) is 0 Å². The number of carbonyl (C=O) groups excluding carboxylic acids is 3. The third-order valence-corrected chi connectivity index (χ3v) is 5.80. The molecule has 7 heteroatoms. The number of likely N-dealkylation sites (tertiary alicyclic amines) is 1. The minimum atomic E-state index is -0.199. The predicted molar refractivity (Wildman–Crippen MR) is 116 cm³/mol. The lowest BCUT2D eigenvalue weighted by molar-refractivity contribution is -0.123. The van der Waals surface area contributed by atoms with Gasteiger partial charge in [0, 0.05) is 24.0 Å². The molecule has 1 fully saturated rings. The smallest absolute Gasteiger partial charge is 0.238 e. The van der Waals surface area contributed by atoms with Crippen LogP contribution >= 0.6 is 0 Å². The Morgan fingerprint density at radius 2 is 1.71 bits per heavy atom. The fourth-order valence-corrected chi connectivity index (χ4v) is 4.08. The number of rotatable bonds is 7. The van der Waals surface area contributed by atoms with Crippen molar-refractivity contribution in [2.75, 3.05) is 31.7 Å². The Kier molecular flexibility index (Phi) is 6.32. The molecule has 31 heavy (non-hydrogen) atoms. The van der Waals surface area contributed by atoms with Crippen molar-refractivity contribution in [3.05, 3.63) is 53.6 Å². The van der Waals surface area contributed by atoms with Crippen LogP contribution in [0.4, 0.5) is 5.69 Å². The van der Waals surface area contributed by atoms with E-state index in [2.05, 4.69) is 5.32 Å². The number of piperidine rings is 1. The summed E-state index contributed by atoms with van der Waals surface area (Å²) in [5, 5.41) is 2.83. The van der Waals surface area contributed by atoms with Gasteiger partial charge in [-0.05, 0) is 44.5 Å². The van der Waals surface area contributed by atoms with Gasteiger partial charge in [-0.2, -0.15) is 0 Å². The molecule has 2 aliphatic rings. The van der Waals surface area contributed by atoms with Gasteiger partial charge in [-0.25, -0.2) is 0 Å². The van der Waals surface area contributed by atoms with Crippen LogP contribution in [0.1, 0.15) is 35.7 Å². The second-order valence-electron chi connectivity index (χ2n) is 8.03. The molecule has 1 saturated heterocycles. The van der Waals surface area contributed by atoms with E-state index in [1.807, 2.05) is 35.2 Å². The number of amides is 1. The Hall–Kier alpha value is -3.19. The summed E-state index contributed by atoms with van der Waals surface area (Å²) in [4.78, 5) is 39.2. The van der Waals surface area contributed by atoms with Gasteiger partial charge in [-0.15, -0.1) is 0 Å². The predicted octanol–water partition coefficient (Wildman–Crippen LogP) is 3.08. The van der Waals surface area contributed by atoms with E-state index in [1.54, 1.807) is 12.1 Å². The molecule has 0 spiro atoms. The third-order valence-electron chi connectivity index (χ3n) is 5.80. The average Bonchev–Trinajstić information content (AvgIpc) is 3.21. The van der Waals surface area contributed by atoms with E-state index in [4.69, 9.17) is 9.47 Å². The summed E-state index contributed by atoms with van der Waals surface area (Å²) in [7, 11) is 0. The first-order chi connectivity index (χ1) is 15.0. The third kappa shape index (κ3) is 5.11. The van der Waals surface area contributed by atoms with E-state index in [0.29, 0.717) is 42.3 Å². The van der Waals surface area contributed by atoms with Gasteiger partial charge in [0.15, 0.2) is 17.3 Å². The Bertz CT molecular complexity index is 981. The SMILES string of the molecule is CC(=O)c1cc2c(cc1NC(=O)CN1CCC(C(=O)Cc3ccccc3)CC1)OCO2. The Morgan fingerprint density at radius 3 is 2.39 bits per heavy atom. The van der Waals surface area contributed by atoms with E-state index in [-0.39, 0.29) is 36.7 Å². The number of fused-ring (bicyclic) bond motifs is 1. The molecule has 1 N–H and O–H groups in total. The fourth-order valence-electron chi connectivity index (χ4n) is 4.08. The van der Waals surface area contributed by atoms with Gasteiger partial charge in [-0.1, -0.05) is 30.3 Å². The van der Waals surface area contributed by atoms with Crippen LogP contribution < -0.4 is 14.8 Å². The van der Waals surface area contributed by atoms with Crippen molar-refractivity contribution in [2.45, 2.75) is 26.2 Å². The molecule has 4 rings (SSSR count). The van der Waals surface area contributed by atoms with Gasteiger partial charge >= 0.3 is 0 Å². The Balaban J connectivity index is 1.30. The van der Waals surface area contributed by atoms with Gasteiger partial charge in [0.2, 0.25) is 12.7 Å². The largest absolute Gasteiger partial charge is 0.454 e. The van der Waals surface area contributed by atoms with Crippen LogP contribution in [-0.4, -0.2) is 48.8 Å². The number of Topliss-reactive ketones (excluding diaryl/α,β-unsaturated/α-hetero) is 2. The van der Waals surface area contributed by atoms with Crippen molar-refractivity contribution in [3.63, 3.8) is 0 Å². The number of hydrogen-bond acceptors (Lipinski definition) is 6. The highest BCUT2D eigenvalue weighted by atomic mass is 16.7. The molecule has 1 amide bonds. The second-order valence-corrected chi connectivity index (χ2v) is 8.03. The minimum absolute atomic E-state index is 0.0395. The van der Waals surface area contributed by atoms with Crippen molar-refractivity contribution in [3.8, 4) is 11.5 Å². The molecule has 0 aromatic heterocycles. The molecular weight excluding hydrogens is 396 g/mol. The number of benzene rings is 2. The van der Waals surface area contributed by atoms with E-state index >= 15 is 0 Å². The van der Waals surface area contributed by atoms with Gasteiger partial charge in [0.05, 0.1) is 12.2 Å². The number of ketones is 2. The van der Waals surface area contributed by atoms with Crippen LogP contribution in [0.3, 0.4) is 0 Å². The maximum atomic E-state index is 12.6. The molecular formula is C24H26N2O5. The van der Waals surface area contributed by atoms with Crippen LogP contribution in [-0.2, 0) is 16.0 Å². The monoisotopic (exact) mass is 422 g/mol. The van der Waals surface area contributed by atoms with E-state index in [0.717, 1.165) is 18.4 Å². The highest BCUT2D eigenvalue weighted by Gasteiger charge is 2.26. The average molecular weight is 422 g/mol. The molecule has 7 nitrogen and oxygen atoms in total.